The van der Waals surface area contributed by atoms with Crippen LogP contribution in [-0.2, 0) is 4.74 Å². The third-order valence-corrected chi connectivity index (χ3v) is 3.32. The number of anilines is 1. The summed E-state index contributed by atoms with van der Waals surface area (Å²) in [7, 11) is 1.35. The van der Waals surface area contributed by atoms with Gasteiger partial charge in [0.2, 0.25) is 0 Å². The number of rotatable bonds is 2. The second kappa shape index (κ2) is 5.70. The Morgan fingerprint density at radius 2 is 1.94 bits per heavy atom. The molecule has 0 unspecified atom stereocenters. The molecule has 0 bridgehead atoms. The van der Waals surface area contributed by atoms with Crippen LogP contribution in [0.3, 0.4) is 0 Å². The molecule has 17 heavy (non-hydrogen) atoms. The van der Waals surface area contributed by atoms with E-state index in [9.17, 15) is 4.79 Å². The first-order valence-electron chi connectivity index (χ1n) is 4.74. The minimum Gasteiger partial charge on any atom is -0.465 e. The van der Waals surface area contributed by atoms with Crippen molar-refractivity contribution in [2.75, 3.05) is 12.8 Å². The molecule has 1 aromatic heterocycles. The molecule has 0 atom stereocenters. The van der Waals surface area contributed by atoms with Gasteiger partial charge in [-0.05, 0) is 5.56 Å². The molecule has 2 aromatic rings. The van der Waals surface area contributed by atoms with Crippen LogP contribution >= 0.6 is 23.7 Å². The number of nitrogen functional groups attached to an aromatic ring is 1. The molecular formula is C12H12ClNO2S. The Bertz CT molecular complexity index is 510. The summed E-state index contributed by atoms with van der Waals surface area (Å²) in [6.07, 6.45) is 0. The molecule has 0 saturated carbocycles. The molecule has 5 heteroatoms. The van der Waals surface area contributed by atoms with Crippen molar-refractivity contribution in [1.82, 2.24) is 0 Å². The lowest BCUT2D eigenvalue weighted by atomic mass is 10.1. The fourth-order valence-electron chi connectivity index (χ4n) is 1.45. The van der Waals surface area contributed by atoms with E-state index >= 15 is 0 Å². The molecule has 1 heterocycles. The van der Waals surface area contributed by atoms with E-state index in [2.05, 4.69) is 4.74 Å². The van der Waals surface area contributed by atoms with Crippen molar-refractivity contribution in [3.8, 4) is 10.4 Å². The number of carbonyl (C=O) groups excluding carboxylic acids is 1. The molecule has 0 aliphatic carbocycles. The molecule has 90 valence electrons. The highest BCUT2D eigenvalue weighted by Gasteiger charge is 2.16. The van der Waals surface area contributed by atoms with E-state index < -0.39 is 5.97 Å². The average molecular weight is 270 g/mol. The first-order valence-corrected chi connectivity index (χ1v) is 5.62. The van der Waals surface area contributed by atoms with Crippen LogP contribution in [-0.4, -0.2) is 13.1 Å². The predicted molar refractivity (Wildman–Crippen MR) is 72.8 cm³/mol. The summed E-state index contributed by atoms with van der Waals surface area (Å²) < 4.78 is 4.65. The van der Waals surface area contributed by atoms with Crippen molar-refractivity contribution in [2.45, 2.75) is 0 Å². The SMILES string of the molecule is COC(=O)c1csc(-c2ccccc2)c1N.Cl. The Kier molecular flexibility index (Phi) is 4.54. The fourth-order valence-corrected chi connectivity index (χ4v) is 2.42. The highest BCUT2D eigenvalue weighted by molar-refractivity contribution is 7.14. The van der Waals surface area contributed by atoms with Crippen molar-refractivity contribution in [1.29, 1.82) is 0 Å². The molecule has 0 amide bonds. The molecule has 0 saturated heterocycles. The van der Waals surface area contributed by atoms with Gasteiger partial charge in [-0.1, -0.05) is 30.3 Å². The summed E-state index contributed by atoms with van der Waals surface area (Å²) in [6.45, 7) is 0. The number of methoxy groups -OCH3 is 1. The maximum absolute atomic E-state index is 11.4. The van der Waals surface area contributed by atoms with Crippen molar-refractivity contribution in [3.63, 3.8) is 0 Å². The standard InChI is InChI=1S/C12H11NO2S.ClH/c1-15-12(14)9-7-16-11(10(9)13)8-5-3-2-4-6-8;/h2-7H,13H2,1H3;1H. The van der Waals surface area contributed by atoms with Crippen molar-refractivity contribution >= 4 is 35.4 Å². The first-order chi connectivity index (χ1) is 7.74. The van der Waals surface area contributed by atoms with Crippen LogP contribution in [0.5, 0.6) is 0 Å². The van der Waals surface area contributed by atoms with E-state index in [-0.39, 0.29) is 12.4 Å². The van der Waals surface area contributed by atoms with E-state index in [4.69, 9.17) is 5.73 Å². The Morgan fingerprint density at radius 1 is 1.29 bits per heavy atom. The number of hydrogen-bond acceptors (Lipinski definition) is 4. The number of halogens is 1. The van der Waals surface area contributed by atoms with Crippen LogP contribution in [0.4, 0.5) is 5.69 Å². The largest absolute Gasteiger partial charge is 0.465 e. The zero-order valence-corrected chi connectivity index (χ0v) is 10.8. The molecule has 0 fully saturated rings. The lowest BCUT2D eigenvalue weighted by molar-refractivity contribution is 0.0602. The molecule has 3 nitrogen and oxygen atoms in total. The Balaban J connectivity index is 0.00000144. The van der Waals surface area contributed by atoms with Crippen LogP contribution in [0.1, 0.15) is 10.4 Å². The lowest BCUT2D eigenvalue weighted by Gasteiger charge is -2.01. The van der Waals surface area contributed by atoms with Gasteiger partial charge >= 0.3 is 5.97 Å². The number of ether oxygens (including phenoxy) is 1. The van der Waals surface area contributed by atoms with Gasteiger partial charge in [0, 0.05) is 5.38 Å². The molecule has 2 N–H and O–H groups in total. The summed E-state index contributed by atoms with van der Waals surface area (Å²) in [4.78, 5) is 12.3. The molecule has 0 radical (unpaired) electrons. The van der Waals surface area contributed by atoms with E-state index in [1.807, 2.05) is 30.3 Å². The van der Waals surface area contributed by atoms with Gasteiger partial charge in [-0.15, -0.1) is 23.7 Å². The van der Waals surface area contributed by atoms with E-state index in [0.717, 1.165) is 10.4 Å². The highest BCUT2D eigenvalue weighted by atomic mass is 35.5. The summed E-state index contributed by atoms with van der Waals surface area (Å²) in [5.41, 5.74) is 7.86. The zero-order chi connectivity index (χ0) is 11.5. The van der Waals surface area contributed by atoms with Gasteiger partial charge in [0.1, 0.15) is 0 Å². The van der Waals surface area contributed by atoms with Crippen LogP contribution in [0.2, 0.25) is 0 Å². The number of benzene rings is 1. The Hall–Kier alpha value is -1.52. The van der Waals surface area contributed by atoms with E-state index in [0.29, 0.717) is 11.3 Å². The van der Waals surface area contributed by atoms with Crippen molar-refractivity contribution in [3.05, 3.63) is 41.3 Å². The summed E-state index contributed by atoms with van der Waals surface area (Å²) in [6, 6.07) is 9.74. The Morgan fingerprint density at radius 3 is 2.53 bits per heavy atom. The van der Waals surface area contributed by atoms with Gasteiger partial charge < -0.3 is 10.5 Å². The van der Waals surface area contributed by atoms with Crippen molar-refractivity contribution in [2.24, 2.45) is 0 Å². The van der Waals surface area contributed by atoms with Crippen LogP contribution in [0, 0.1) is 0 Å². The van der Waals surface area contributed by atoms with Gasteiger partial charge in [0.05, 0.1) is 23.2 Å². The summed E-state index contributed by atoms with van der Waals surface area (Å²) in [5.74, 6) is -0.393. The van der Waals surface area contributed by atoms with Crippen molar-refractivity contribution < 1.29 is 9.53 Å². The molecule has 0 aliphatic heterocycles. The number of esters is 1. The normalized spacial score (nSPS) is 9.47. The van der Waals surface area contributed by atoms with Crippen LogP contribution in [0.15, 0.2) is 35.7 Å². The monoisotopic (exact) mass is 269 g/mol. The van der Waals surface area contributed by atoms with E-state index in [1.165, 1.54) is 18.4 Å². The number of nitrogens with two attached hydrogens (primary N) is 1. The second-order valence-corrected chi connectivity index (χ2v) is 4.13. The Labute approximate surface area is 110 Å². The minimum absolute atomic E-state index is 0. The van der Waals surface area contributed by atoms with Crippen LogP contribution < -0.4 is 5.73 Å². The second-order valence-electron chi connectivity index (χ2n) is 3.25. The molecule has 0 spiro atoms. The third kappa shape index (κ3) is 2.60. The zero-order valence-electron chi connectivity index (χ0n) is 9.17. The maximum Gasteiger partial charge on any atom is 0.340 e. The number of thiophene rings is 1. The van der Waals surface area contributed by atoms with Gasteiger partial charge in [-0.2, -0.15) is 0 Å². The average Bonchev–Trinajstić information content (AvgIpc) is 2.71. The van der Waals surface area contributed by atoms with Gasteiger partial charge in [0.15, 0.2) is 0 Å². The van der Waals surface area contributed by atoms with Gasteiger partial charge in [-0.25, -0.2) is 4.79 Å². The van der Waals surface area contributed by atoms with Crippen LogP contribution in [0.25, 0.3) is 10.4 Å². The minimum atomic E-state index is -0.393. The first kappa shape index (κ1) is 13.5. The smallest absolute Gasteiger partial charge is 0.340 e. The highest BCUT2D eigenvalue weighted by Crippen LogP contribution is 2.35. The third-order valence-electron chi connectivity index (χ3n) is 2.27. The predicted octanol–water partition coefficient (Wildman–Crippen LogP) is 3.21. The maximum atomic E-state index is 11.4. The van der Waals surface area contributed by atoms with Gasteiger partial charge in [-0.3, -0.25) is 0 Å². The summed E-state index contributed by atoms with van der Waals surface area (Å²) in [5, 5.41) is 1.73. The topological polar surface area (TPSA) is 52.3 Å². The fraction of sp³-hybridized carbons (Fsp3) is 0.0833. The quantitative estimate of drug-likeness (QED) is 0.852. The number of carbonyl (C=O) groups is 1. The lowest BCUT2D eigenvalue weighted by Crippen LogP contribution is -2.03. The molecule has 1 aromatic carbocycles. The number of hydrogen-bond donors (Lipinski definition) is 1. The van der Waals surface area contributed by atoms with Gasteiger partial charge in [0.25, 0.3) is 0 Å². The summed E-state index contributed by atoms with van der Waals surface area (Å²) >= 11 is 1.45. The molecular weight excluding hydrogens is 258 g/mol. The van der Waals surface area contributed by atoms with E-state index in [1.54, 1.807) is 5.38 Å². The molecule has 2 rings (SSSR count). The molecule has 0 aliphatic rings.